The van der Waals surface area contributed by atoms with Gasteiger partial charge in [0.15, 0.2) is 15.7 Å². The van der Waals surface area contributed by atoms with E-state index in [9.17, 15) is 21.6 Å². The molecule has 2 aromatic rings. The first-order chi connectivity index (χ1) is 14.7. The first kappa shape index (κ1) is 22.2. The first-order valence-corrected chi connectivity index (χ1v) is 12.4. The summed E-state index contributed by atoms with van der Waals surface area (Å²) in [6.07, 6.45) is 1.87. The monoisotopic (exact) mass is 457 g/mol. The number of benzene rings is 1. The van der Waals surface area contributed by atoms with E-state index in [1.54, 1.807) is 0 Å². The SMILES string of the molecule is CS(=O)(=O)c1c(C(F)(F)F)ccc(C2CCC(C3CCNCC3)CC2)c1-c1nnn[nH]1. The number of aromatic amines is 1. The lowest BCUT2D eigenvalue weighted by molar-refractivity contribution is -0.139. The fourth-order valence-electron chi connectivity index (χ4n) is 5.27. The molecule has 2 fully saturated rings. The molecule has 1 aliphatic heterocycles. The van der Waals surface area contributed by atoms with Gasteiger partial charge in [-0.2, -0.15) is 13.2 Å². The largest absolute Gasteiger partial charge is 0.417 e. The van der Waals surface area contributed by atoms with Gasteiger partial charge in [-0.3, -0.25) is 0 Å². The van der Waals surface area contributed by atoms with Gasteiger partial charge < -0.3 is 5.32 Å². The van der Waals surface area contributed by atoms with Crippen LogP contribution in [-0.4, -0.2) is 48.4 Å². The highest BCUT2D eigenvalue weighted by atomic mass is 32.2. The summed E-state index contributed by atoms with van der Waals surface area (Å²) < 4.78 is 66.1. The fourth-order valence-corrected chi connectivity index (χ4v) is 6.44. The molecule has 2 N–H and O–H groups in total. The van der Waals surface area contributed by atoms with Crippen molar-refractivity contribution in [2.24, 2.45) is 11.8 Å². The van der Waals surface area contributed by atoms with Crippen LogP contribution in [0.15, 0.2) is 17.0 Å². The second-order valence-electron chi connectivity index (χ2n) is 8.63. The van der Waals surface area contributed by atoms with Crippen LogP contribution in [0.3, 0.4) is 0 Å². The summed E-state index contributed by atoms with van der Waals surface area (Å²) in [6, 6.07) is 2.29. The number of sulfone groups is 1. The number of alkyl halides is 3. The smallest absolute Gasteiger partial charge is 0.317 e. The molecule has 11 heteroatoms. The maximum Gasteiger partial charge on any atom is 0.417 e. The zero-order chi connectivity index (χ0) is 22.2. The minimum atomic E-state index is -4.81. The molecule has 0 bridgehead atoms. The number of H-pyrrole nitrogens is 1. The quantitative estimate of drug-likeness (QED) is 0.728. The number of hydrogen-bond acceptors (Lipinski definition) is 6. The summed E-state index contributed by atoms with van der Waals surface area (Å²) in [6.45, 7) is 2.06. The van der Waals surface area contributed by atoms with Crippen molar-refractivity contribution < 1.29 is 21.6 Å². The molecule has 1 aromatic heterocycles. The Bertz CT molecular complexity index is 1010. The Balaban J connectivity index is 1.73. The molecule has 2 aliphatic rings. The molecule has 2 heterocycles. The molecule has 0 unspecified atom stereocenters. The third kappa shape index (κ3) is 4.62. The van der Waals surface area contributed by atoms with Crippen molar-refractivity contribution in [1.82, 2.24) is 25.9 Å². The van der Waals surface area contributed by atoms with Gasteiger partial charge in [0.2, 0.25) is 0 Å². The second-order valence-corrected chi connectivity index (χ2v) is 10.6. The summed E-state index contributed by atoms with van der Waals surface area (Å²) in [4.78, 5) is -0.753. The highest BCUT2D eigenvalue weighted by Crippen LogP contribution is 2.47. The minimum Gasteiger partial charge on any atom is -0.317 e. The van der Waals surface area contributed by atoms with E-state index in [-0.39, 0.29) is 17.3 Å². The van der Waals surface area contributed by atoms with E-state index in [0.29, 0.717) is 17.4 Å². The van der Waals surface area contributed by atoms with Gasteiger partial charge in [-0.15, -0.1) is 5.10 Å². The lowest BCUT2D eigenvalue weighted by Gasteiger charge is -2.36. The average Bonchev–Trinajstić information content (AvgIpc) is 3.27. The van der Waals surface area contributed by atoms with E-state index in [2.05, 4.69) is 25.9 Å². The Morgan fingerprint density at radius 3 is 2.19 bits per heavy atom. The summed E-state index contributed by atoms with van der Waals surface area (Å²) >= 11 is 0. The Hall–Kier alpha value is -2.01. The summed E-state index contributed by atoms with van der Waals surface area (Å²) in [7, 11) is -4.20. The summed E-state index contributed by atoms with van der Waals surface area (Å²) in [5.41, 5.74) is -0.670. The van der Waals surface area contributed by atoms with Crippen molar-refractivity contribution in [2.75, 3.05) is 19.3 Å². The van der Waals surface area contributed by atoms with Crippen molar-refractivity contribution >= 4 is 9.84 Å². The molecule has 1 aliphatic carbocycles. The third-order valence-corrected chi connectivity index (χ3v) is 7.88. The Morgan fingerprint density at radius 2 is 1.65 bits per heavy atom. The molecule has 0 atom stereocenters. The average molecular weight is 458 g/mol. The highest BCUT2D eigenvalue weighted by Gasteiger charge is 2.40. The third-order valence-electron chi connectivity index (χ3n) is 6.71. The Morgan fingerprint density at radius 1 is 1.00 bits per heavy atom. The van der Waals surface area contributed by atoms with Gasteiger partial charge >= 0.3 is 6.18 Å². The number of aromatic nitrogens is 4. The topological polar surface area (TPSA) is 101 Å². The molecule has 1 aromatic carbocycles. The second kappa shape index (κ2) is 8.50. The van der Waals surface area contributed by atoms with Crippen LogP contribution < -0.4 is 5.32 Å². The maximum absolute atomic E-state index is 13.7. The fraction of sp³-hybridized carbons (Fsp3) is 0.650. The zero-order valence-electron chi connectivity index (χ0n) is 17.2. The van der Waals surface area contributed by atoms with Crippen molar-refractivity contribution in [3.05, 3.63) is 23.3 Å². The number of piperidine rings is 1. The molecule has 31 heavy (non-hydrogen) atoms. The van der Waals surface area contributed by atoms with Gasteiger partial charge in [-0.1, -0.05) is 6.07 Å². The van der Waals surface area contributed by atoms with Crippen LogP contribution in [0.4, 0.5) is 13.2 Å². The van der Waals surface area contributed by atoms with Crippen molar-refractivity contribution in [3.8, 4) is 11.4 Å². The standard InChI is InChI=1S/C20H26F3N5O2S/c1-31(29,30)18-16(20(21,22)23)7-6-15(17(18)19-25-27-28-26-19)14-4-2-12(3-5-14)13-8-10-24-11-9-13/h6-7,12-14,24H,2-5,8-11H2,1H3,(H,25,26,27,28). The van der Waals surface area contributed by atoms with Gasteiger partial charge in [0.1, 0.15) is 0 Å². The van der Waals surface area contributed by atoms with Crippen LogP contribution in [0.25, 0.3) is 11.4 Å². The van der Waals surface area contributed by atoms with Crippen LogP contribution in [0.1, 0.15) is 55.6 Å². The molecule has 0 spiro atoms. The van der Waals surface area contributed by atoms with Crippen molar-refractivity contribution in [3.63, 3.8) is 0 Å². The van der Waals surface area contributed by atoms with E-state index < -0.39 is 26.5 Å². The lowest BCUT2D eigenvalue weighted by Crippen LogP contribution is -2.33. The molecule has 1 saturated carbocycles. The molecule has 4 rings (SSSR count). The molecular formula is C20H26F3N5O2S. The predicted molar refractivity (Wildman–Crippen MR) is 108 cm³/mol. The number of tetrazole rings is 1. The molecule has 170 valence electrons. The van der Waals surface area contributed by atoms with Gasteiger partial charge in [-0.25, -0.2) is 13.5 Å². The van der Waals surface area contributed by atoms with Crippen LogP contribution in [-0.2, 0) is 16.0 Å². The highest BCUT2D eigenvalue weighted by molar-refractivity contribution is 7.91. The normalized spacial score (nSPS) is 23.7. The Labute approximate surface area is 179 Å². The summed E-state index contributed by atoms with van der Waals surface area (Å²) in [5.74, 6) is 1.19. The Kier molecular flexibility index (Phi) is 6.08. The van der Waals surface area contributed by atoms with Crippen molar-refractivity contribution in [1.29, 1.82) is 0 Å². The van der Waals surface area contributed by atoms with E-state index in [1.807, 2.05) is 0 Å². The van der Waals surface area contributed by atoms with E-state index in [0.717, 1.165) is 63.9 Å². The predicted octanol–water partition coefficient (Wildman–Crippen LogP) is 3.56. The van der Waals surface area contributed by atoms with Crippen LogP contribution in [0, 0.1) is 11.8 Å². The van der Waals surface area contributed by atoms with Gasteiger partial charge in [0, 0.05) is 11.8 Å². The van der Waals surface area contributed by atoms with E-state index >= 15 is 0 Å². The van der Waals surface area contributed by atoms with Gasteiger partial charge in [0.25, 0.3) is 0 Å². The number of rotatable bonds is 4. The lowest BCUT2D eigenvalue weighted by atomic mass is 9.71. The molecule has 7 nitrogen and oxygen atoms in total. The number of nitrogens with one attached hydrogen (secondary N) is 2. The van der Waals surface area contributed by atoms with E-state index in [1.165, 1.54) is 6.07 Å². The molecular weight excluding hydrogens is 431 g/mol. The van der Waals surface area contributed by atoms with Crippen LogP contribution in [0.2, 0.25) is 0 Å². The van der Waals surface area contributed by atoms with Gasteiger partial charge in [0.05, 0.1) is 10.5 Å². The number of nitrogens with zero attached hydrogens (tertiary/aromatic N) is 3. The van der Waals surface area contributed by atoms with Crippen LogP contribution in [0.5, 0.6) is 0 Å². The number of hydrogen-bond donors (Lipinski definition) is 2. The van der Waals surface area contributed by atoms with Gasteiger partial charge in [-0.05, 0) is 91.4 Å². The molecule has 1 saturated heterocycles. The summed E-state index contributed by atoms with van der Waals surface area (Å²) in [5, 5.41) is 16.6. The molecule has 0 amide bonds. The van der Waals surface area contributed by atoms with Crippen LogP contribution >= 0.6 is 0 Å². The van der Waals surface area contributed by atoms with E-state index in [4.69, 9.17) is 0 Å². The zero-order valence-corrected chi connectivity index (χ0v) is 18.1. The number of halogens is 3. The van der Waals surface area contributed by atoms with Crippen molar-refractivity contribution in [2.45, 2.75) is 55.5 Å². The maximum atomic E-state index is 13.7. The molecule has 0 radical (unpaired) electrons. The first-order valence-electron chi connectivity index (χ1n) is 10.5. The minimum absolute atomic E-state index is 0.0409.